The van der Waals surface area contributed by atoms with Crippen molar-refractivity contribution in [3.63, 3.8) is 0 Å². The summed E-state index contributed by atoms with van der Waals surface area (Å²) in [5.74, 6) is 0.559. The van der Waals surface area contributed by atoms with E-state index in [9.17, 15) is 9.90 Å². The number of hydrogen-bond donors (Lipinski definition) is 1. The van der Waals surface area contributed by atoms with E-state index in [2.05, 4.69) is 6.92 Å². The molecule has 3 nitrogen and oxygen atoms in total. The topological polar surface area (TPSA) is 46.5 Å². The Hall–Kier alpha value is -0.570. The number of ether oxygens (including phenoxy) is 1. The van der Waals surface area contributed by atoms with E-state index in [1.54, 1.807) is 0 Å². The zero-order valence-corrected chi connectivity index (χ0v) is 11.9. The van der Waals surface area contributed by atoms with E-state index in [4.69, 9.17) is 4.74 Å². The molecule has 0 bridgehead atoms. The van der Waals surface area contributed by atoms with Crippen LogP contribution in [0.3, 0.4) is 0 Å². The molecule has 0 spiro atoms. The first-order valence-corrected chi connectivity index (χ1v) is 7.52. The molecule has 3 unspecified atom stereocenters. The van der Waals surface area contributed by atoms with Gasteiger partial charge in [0.15, 0.2) is 0 Å². The molecule has 0 aromatic rings. The van der Waals surface area contributed by atoms with E-state index < -0.39 is 0 Å². The van der Waals surface area contributed by atoms with Gasteiger partial charge in [0.25, 0.3) is 0 Å². The maximum absolute atomic E-state index is 11.6. The van der Waals surface area contributed by atoms with Gasteiger partial charge in [-0.05, 0) is 37.5 Å². The molecular weight excluding hydrogens is 228 g/mol. The summed E-state index contributed by atoms with van der Waals surface area (Å²) in [5.41, 5.74) is 0. The highest BCUT2D eigenvalue weighted by molar-refractivity contribution is 5.69. The summed E-state index contributed by atoms with van der Waals surface area (Å²) in [6.07, 6.45) is 7.63. The highest BCUT2D eigenvalue weighted by Crippen LogP contribution is 2.38. The molecule has 0 saturated heterocycles. The average molecular weight is 256 g/mol. The highest BCUT2D eigenvalue weighted by Gasteiger charge is 2.35. The molecule has 1 rings (SSSR count). The van der Waals surface area contributed by atoms with Crippen molar-refractivity contribution in [1.29, 1.82) is 0 Å². The minimum Gasteiger partial charge on any atom is -0.466 e. The fraction of sp³-hybridized carbons (Fsp3) is 0.933. The van der Waals surface area contributed by atoms with Crippen LogP contribution in [0.4, 0.5) is 0 Å². The molecule has 106 valence electrons. The molecule has 1 saturated carbocycles. The van der Waals surface area contributed by atoms with Crippen molar-refractivity contribution in [2.75, 3.05) is 6.61 Å². The van der Waals surface area contributed by atoms with Crippen molar-refractivity contribution >= 4 is 5.97 Å². The van der Waals surface area contributed by atoms with Crippen molar-refractivity contribution in [3.05, 3.63) is 0 Å². The number of esters is 1. The van der Waals surface area contributed by atoms with Crippen LogP contribution >= 0.6 is 0 Å². The van der Waals surface area contributed by atoms with Crippen LogP contribution in [0.1, 0.15) is 65.2 Å². The highest BCUT2D eigenvalue weighted by atomic mass is 16.5. The largest absolute Gasteiger partial charge is 0.466 e. The molecule has 0 aliphatic heterocycles. The second kappa shape index (κ2) is 8.52. The standard InChI is InChI=1S/C15H28O3/c1-3-5-6-7-13-12(8-9-14(13)16)11-15(17)18-10-4-2/h12-14,16H,3-11H2,1-2H3. The van der Waals surface area contributed by atoms with Crippen LogP contribution < -0.4 is 0 Å². The molecule has 1 aliphatic rings. The lowest BCUT2D eigenvalue weighted by Gasteiger charge is -2.21. The number of aliphatic hydroxyl groups is 1. The van der Waals surface area contributed by atoms with Gasteiger partial charge >= 0.3 is 5.97 Å². The summed E-state index contributed by atoms with van der Waals surface area (Å²) in [5, 5.41) is 10.00. The second-order valence-corrected chi connectivity index (χ2v) is 5.49. The number of carbonyl (C=O) groups excluding carboxylic acids is 1. The molecule has 3 atom stereocenters. The van der Waals surface area contributed by atoms with E-state index >= 15 is 0 Å². The molecule has 3 heteroatoms. The summed E-state index contributed by atoms with van der Waals surface area (Å²) in [7, 11) is 0. The van der Waals surface area contributed by atoms with E-state index in [0.29, 0.717) is 24.9 Å². The van der Waals surface area contributed by atoms with Gasteiger partial charge in [-0.2, -0.15) is 0 Å². The lowest BCUT2D eigenvalue weighted by molar-refractivity contribution is -0.145. The lowest BCUT2D eigenvalue weighted by Crippen LogP contribution is -2.22. The van der Waals surface area contributed by atoms with Gasteiger partial charge in [0.1, 0.15) is 0 Å². The molecule has 0 aromatic carbocycles. The zero-order chi connectivity index (χ0) is 13.4. The summed E-state index contributed by atoms with van der Waals surface area (Å²) < 4.78 is 5.14. The third-order valence-corrected chi connectivity index (χ3v) is 3.97. The van der Waals surface area contributed by atoms with Crippen molar-refractivity contribution in [2.24, 2.45) is 11.8 Å². The van der Waals surface area contributed by atoms with Gasteiger partial charge in [-0.15, -0.1) is 0 Å². The van der Waals surface area contributed by atoms with Crippen LogP contribution in [0.15, 0.2) is 0 Å². The number of aliphatic hydroxyl groups excluding tert-OH is 1. The van der Waals surface area contributed by atoms with E-state index in [0.717, 1.165) is 25.7 Å². The molecule has 1 aliphatic carbocycles. The van der Waals surface area contributed by atoms with Crippen LogP contribution in [0.5, 0.6) is 0 Å². The monoisotopic (exact) mass is 256 g/mol. The second-order valence-electron chi connectivity index (χ2n) is 5.49. The van der Waals surface area contributed by atoms with Gasteiger partial charge in [-0.3, -0.25) is 4.79 Å². The fourth-order valence-corrected chi connectivity index (χ4v) is 2.93. The quantitative estimate of drug-likeness (QED) is 0.535. The fourth-order valence-electron chi connectivity index (χ4n) is 2.93. The van der Waals surface area contributed by atoms with E-state index in [1.807, 2.05) is 6.92 Å². The molecular formula is C15H28O3. The Bertz CT molecular complexity index is 240. The Balaban J connectivity index is 2.35. The molecule has 0 amide bonds. The van der Waals surface area contributed by atoms with Gasteiger partial charge in [0.05, 0.1) is 12.7 Å². The van der Waals surface area contributed by atoms with Crippen molar-refractivity contribution in [3.8, 4) is 0 Å². The van der Waals surface area contributed by atoms with Crippen LogP contribution in [0, 0.1) is 11.8 Å². The number of hydrogen-bond acceptors (Lipinski definition) is 3. The van der Waals surface area contributed by atoms with Gasteiger partial charge in [0.2, 0.25) is 0 Å². The van der Waals surface area contributed by atoms with Crippen LogP contribution in [0.2, 0.25) is 0 Å². The minimum absolute atomic E-state index is 0.0866. The SMILES string of the molecule is CCCCCC1C(O)CCC1CC(=O)OCCC. The maximum atomic E-state index is 11.6. The number of rotatable bonds is 8. The molecule has 1 N–H and O–H groups in total. The third kappa shape index (κ3) is 4.97. The van der Waals surface area contributed by atoms with E-state index in [-0.39, 0.29) is 12.1 Å². The Kier molecular flexibility index (Phi) is 7.33. The number of unbranched alkanes of at least 4 members (excludes halogenated alkanes) is 2. The zero-order valence-electron chi connectivity index (χ0n) is 11.9. The van der Waals surface area contributed by atoms with Gasteiger partial charge < -0.3 is 9.84 Å². The van der Waals surface area contributed by atoms with Crippen LogP contribution in [-0.4, -0.2) is 23.8 Å². The molecule has 0 heterocycles. The first-order chi connectivity index (χ1) is 8.69. The molecule has 0 aromatic heterocycles. The third-order valence-electron chi connectivity index (χ3n) is 3.97. The maximum Gasteiger partial charge on any atom is 0.306 e. The molecule has 18 heavy (non-hydrogen) atoms. The van der Waals surface area contributed by atoms with E-state index in [1.165, 1.54) is 19.3 Å². The Morgan fingerprint density at radius 3 is 2.67 bits per heavy atom. The van der Waals surface area contributed by atoms with Crippen molar-refractivity contribution < 1.29 is 14.6 Å². The predicted octanol–water partition coefficient (Wildman–Crippen LogP) is 3.30. The van der Waals surface area contributed by atoms with Gasteiger partial charge in [-0.1, -0.05) is 33.1 Å². The Morgan fingerprint density at radius 1 is 1.22 bits per heavy atom. The lowest BCUT2D eigenvalue weighted by atomic mass is 9.87. The first-order valence-electron chi connectivity index (χ1n) is 7.52. The van der Waals surface area contributed by atoms with Crippen molar-refractivity contribution in [1.82, 2.24) is 0 Å². The number of carbonyl (C=O) groups is 1. The summed E-state index contributed by atoms with van der Waals surface area (Å²) in [4.78, 5) is 11.6. The molecule has 1 fully saturated rings. The van der Waals surface area contributed by atoms with Crippen LogP contribution in [0.25, 0.3) is 0 Å². The smallest absolute Gasteiger partial charge is 0.306 e. The van der Waals surface area contributed by atoms with Gasteiger partial charge in [0, 0.05) is 6.42 Å². The van der Waals surface area contributed by atoms with Gasteiger partial charge in [-0.25, -0.2) is 0 Å². The first kappa shape index (κ1) is 15.5. The predicted molar refractivity (Wildman–Crippen MR) is 72.2 cm³/mol. The molecule has 0 radical (unpaired) electrons. The summed E-state index contributed by atoms with van der Waals surface area (Å²) in [6.45, 7) is 4.71. The average Bonchev–Trinajstić information content (AvgIpc) is 2.69. The van der Waals surface area contributed by atoms with Crippen molar-refractivity contribution in [2.45, 2.75) is 71.3 Å². The minimum atomic E-state index is -0.203. The van der Waals surface area contributed by atoms with Crippen LogP contribution in [-0.2, 0) is 9.53 Å². The Morgan fingerprint density at radius 2 is 2.00 bits per heavy atom. The Labute approximate surface area is 111 Å². The summed E-state index contributed by atoms with van der Waals surface area (Å²) >= 11 is 0. The summed E-state index contributed by atoms with van der Waals surface area (Å²) in [6, 6.07) is 0. The normalized spacial score (nSPS) is 27.4.